The number of hydrogen-bond acceptors (Lipinski definition) is 3. The number of rotatable bonds is 3. The number of hydrogen-bond donors (Lipinski definition) is 1. The number of nitrogens with zero attached hydrogens (tertiary/aromatic N) is 1. The molecule has 0 amide bonds. The first-order chi connectivity index (χ1) is 11.6. The average molecular weight is 316 g/mol. The lowest BCUT2D eigenvalue weighted by molar-refractivity contribution is 0.482. The van der Waals surface area contributed by atoms with Crippen molar-refractivity contribution in [1.82, 2.24) is 4.98 Å². The molecule has 0 saturated carbocycles. The van der Waals surface area contributed by atoms with Crippen molar-refractivity contribution in [2.75, 3.05) is 0 Å². The molecule has 0 spiro atoms. The lowest BCUT2D eigenvalue weighted by Crippen LogP contribution is -2.12. The van der Waals surface area contributed by atoms with Gasteiger partial charge in [0, 0.05) is 11.3 Å². The van der Waals surface area contributed by atoms with E-state index in [9.17, 15) is 10.1 Å². The predicted octanol–water partition coefficient (Wildman–Crippen LogP) is 4.32. The Labute approximate surface area is 140 Å². The van der Waals surface area contributed by atoms with Gasteiger partial charge in [-0.05, 0) is 49.7 Å². The van der Waals surface area contributed by atoms with Crippen LogP contribution in [0.25, 0.3) is 11.1 Å². The van der Waals surface area contributed by atoms with Gasteiger partial charge in [0.05, 0.1) is 0 Å². The number of ether oxygens (including phenoxy) is 1. The van der Waals surface area contributed by atoms with Crippen LogP contribution in [0.2, 0.25) is 0 Å². The Morgan fingerprint density at radius 1 is 0.958 bits per heavy atom. The SMILES string of the molecule is Cc1ccc(Oc2ccc(-c3cc(C)[nH]c(=O)c3C#N)cc2)cc1. The van der Waals surface area contributed by atoms with Crippen LogP contribution < -0.4 is 10.3 Å². The van der Waals surface area contributed by atoms with Crippen LogP contribution in [0.15, 0.2) is 59.4 Å². The Balaban J connectivity index is 1.92. The Hall–Kier alpha value is -3.32. The highest BCUT2D eigenvalue weighted by Gasteiger charge is 2.10. The van der Waals surface area contributed by atoms with Gasteiger partial charge >= 0.3 is 0 Å². The number of nitrogens with one attached hydrogen (secondary N) is 1. The van der Waals surface area contributed by atoms with Gasteiger partial charge in [0.1, 0.15) is 23.1 Å². The zero-order valence-electron chi connectivity index (χ0n) is 13.5. The molecule has 1 aromatic heterocycles. The maximum absolute atomic E-state index is 11.9. The van der Waals surface area contributed by atoms with Crippen molar-refractivity contribution in [3.8, 4) is 28.7 Å². The molecule has 2 aromatic carbocycles. The zero-order chi connectivity index (χ0) is 17.1. The predicted molar refractivity (Wildman–Crippen MR) is 93.2 cm³/mol. The second-order valence-corrected chi connectivity index (χ2v) is 5.62. The Bertz CT molecular complexity index is 963. The molecule has 0 aliphatic rings. The highest BCUT2D eigenvalue weighted by molar-refractivity contribution is 5.70. The maximum Gasteiger partial charge on any atom is 0.266 e. The molecule has 1 N–H and O–H groups in total. The van der Waals surface area contributed by atoms with Crippen LogP contribution in [0.3, 0.4) is 0 Å². The Morgan fingerprint density at radius 2 is 1.54 bits per heavy atom. The van der Waals surface area contributed by atoms with Gasteiger partial charge in [0.2, 0.25) is 0 Å². The van der Waals surface area contributed by atoms with Crippen molar-refractivity contribution in [2.24, 2.45) is 0 Å². The van der Waals surface area contributed by atoms with E-state index in [4.69, 9.17) is 4.74 Å². The summed E-state index contributed by atoms with van der Waals surface area (Å²) in [6.07, 6.45) is 0. The second kappa shape index (κ2) is 6.43. The number of benzene rings is 2. The summed E-state index contributed by atoms with van der Waals surface area (Å²) in [5.41, 5.74) is 3.07. The van der Waals surface area contributed by atoms with Crippen molar-refractivity contribution in [3.63, 3.8) is 0 Å². The summed E-state index contributed by atoms with van der Waals surface area (Å²) in [6, 6.07) is 18.9. The first kappa shape index (κ1) is 15.6. The molecule has 3 aromatic rings. The van der Waals surface area contributed by atoms with Crippen LogP contribution in [-0.2, 0) is 0 Å². The van der Waals surface area contributed by atoms with E-state index in [2.05, 4.69) is 4.98 Å². The number of nitriles is 1. The van der Waals surface area contributed by atoms with E-state index in [1.807, 2.05) is 61.5 Å². The molecule has 0 aliphatic heterocycles. The van der Waals surface area contributed by atoms with Gasteiger partial charge in [-0.3, -0.25) is 4.79 Å². The molecule has 24 heavy (non-hydrogen) atoms. The summed E-state index contributed by atoms with van der Waals surface area (Å²) in [5.74, 6) is 1.46. The minimum Gasteiger partial charge on any atom is -0.457 e. The fraction of sp³-hybridized carbons (Fsp3) is 0.100. The second-order valence-electron chi connectivity index (χ2n) is 5.62. The molecular weight excluding hydrogens is 300 g/mol. The monoisotopic (exact) mass is 316 g/mol. The van der Waals surface area contributed by atoms with Crippen molar-refractivity contribution in [3.05, 3.63) is 81.8 Å². The van der Waals surface area contributed by atoms with Gasteiger partial charge in [-0.2, -0.15) is 5.26 Å². The molecular formula is C20H16N2O2. The number of aryl methyl sites for hydroxylation is 2. The smallest absolute Gasteiger partial charge is 0.266 e. The van der Waals surface area contributed by atoms with Crippen LogP contribution in [-0.4, -0.2) is 4.98 Å². The van der Waals surface area contributed by atoms with E-state index in [-0.39, 0.29) is 11.1 Å². The lowest BCUT2D eigenvalue weighted by atomic mass is 10.0. The van der Waals surface area contributed by atoms with Crippen molar-refractivity contribution in [2.45, 2.75) is 13.8 Å². The first-order valence-corrected chi connectivity index (χ1v) is 7.56. The number of H-pyrrole nitrogens is 1. The molecule has 0 aliphatic carbocycles. The Morgan fingerprint density at radius 3 is 2.12 bits per heavy atom. The van der Waals surface area contributed by atoms with Crippen LogP contribution >= 0.6 is 0 Å². The fourth-order valence-corrected chi connectivity index (χ4v) is 2.47. The number of pyridine rings is 1. The quantitative estimate of drug-likeness (QED) is 0.782. The highest BCUT2D eigenvalue weighted by Crippen LogP contribution is 2.27. The lowest BCUT2D eigenvalue weighted by Gasteiger charge is -2.08. The summed E-state index contributed by atoms with van der Waals surface area (Å²) in [4.78, 5) is 14.5. The van der Waals surface area contributed by atoms with Gasteiger partial charge in [0.15, 0.2) is 0 Å². The Kier molecular flexibility index (Phi) is 4.17. The van der Waals surface area contributed by atoms with Gasteiger partial charge in [-0.1, -0.05) is 29.8 Å². The summed E-state index contributed by atoms with van der Waals surface area (Å²) >= 11 is 0. The fourth-order valence-electron chi connectivity index (χ4n) is 2.47. The van der Waals surface area contributed by atoms with Crippen LogP contribution in [0.1, 0.15) is 16.8 Å². The van der Waals surface area contributed by atoms with E-state index in [1.165, 1.54) is 5.56 Å². The average Bonchev–Trinajstić information content (AvgIpc) is 2.57. The van der Waals surface area contributed by atoms with E-state index in [0.29, 0.717) is 17.0 Å². The molecule has 0 radical (unpaired) electrons. The molecule has 4 nitrogen and oxygen atoms in total. The maximum atomic E-state index is 11.9. The number of aromatic nitrogens is 1. The molecule has 0 bridgehead atoms. The minimum absolute atomic E-state index is 0.118. The van der Waals surface area contributed by atoms with E-state index < -0.39 is 0 Å². The minimum atomic E-state index is -0.368. The van der Waals surface area contributed by atoms with Crippen LogP contribution in [0.4, 0.5) is 0 Å². The van der Waals surface area contributed by atoms with Gasteiger partial charge in [-0.15, -0.1) is 0 Å². The third kappa shape index (κ3) is 3.21. The highest BCUT2D eigenvalue weighted by atomic mass is 16.5. The molecule has 0 fully saturated rings. The molecule has 4 heteroatoms. The van der Waals surface area contributed by atoms with Crippen molar-refractivity contribution >= 4 is 0 Å². The number of aromatic amines is 1. The largest absolute Gasteiger partial charge is 0.457 e. The first-order valence-electron chi connectivity index (χ1n) is 7.56. The summed E-state index contributed by atoms with van der Waals surface area (Å²) in [5, 5.41) is 9.23. The zero-order valence-corrected chi connectivity index (χ0v) is 13.5. The molecule has 0 saturated heterocycles. The van der Waals surface area contributed by atoms with Crippen LogP contribution in [0, 0.1) is 25.2 Å². The summed E-state index contributed by atoms with van der Waals surface area (Å²) in [7, 11) is 0. The van der Waals surface area contributed by atoms with Crippen molar-refractivity contribution in [1.29, 1.82) is 5.26 Å². The molecule has 0 unspecified atom stereocenters. The molecule has 0 atom stereocenters. The van der Waals surface area contributed by atoms with E-state index in [1.54, 1.807) is 13.0 Å². The molecule has 3 rings (SSSR count). The summed E-state index contributed by atoms with van der Waals surface area (Å²) < 4.78 is 5.80. The van der Waals surface area contributed by atoms with Gasteiger partial charge < -0.3 is 9.72 Å². The van der Waals surface area contributed by atoms with Crippen LogP contribution in [0.5, 0.6) is 11.5 Å². The normalized spacial score (nSPS) is 10.2. The van der Waals surface area contributed by atoms with Crippen molar-refractivity contribution < 1.29 is 4.74 Å². The topological polar surface area (TPSA) is 65.9 Å². The third-order valence-electron chi connectivity index (χ3n) is 3.70. The summed E-state index contributed by atoms with van der Waals surface area (Å²) in [6.45, 7) is 3.82. The van der Waals surface area contributed by atoms with E-state index >= 15 is 0 Å². The third-order valence-corrected chi connectivity index (χ3v) is 3.70. The molecule has 118 valence electrons. The van der Waals surface area contributed by atoms with Gasteiger partial charge in [-0.25, -0.2) is 0 Å². The van der Waals surface area contributed by atoms with Gasteiger partial charge in [0.25, 0.3) is 5.56 Å². The standard InChI is InChI=1S/C20H16N2O2/c1-13-3-7-16(8-4-13)24-17-9-5-15(6-10-17)18-11-14(2)22-20(23)19(18)12-21/h3-11H,1-2H3,(H,22,23). The molecule has 1 heterocycles. The van der Waals surface area contributed by atoms with E-state index in [0.717, 1.165) is 11.3 Å².